The van der Waals surface area contributed by atoms with Gasteiger partial charge in [-0.2, -0.15) is 0 Å². The van der Waals surface area contributed by atoms with E-state index < -0.39 is 67.2 Å². The van der Waals surface area contributed by atoms with Crippen LogP contribution < -0.4 is 5.32 Å². The van der Waals surface area contributed by atoms with Crippen LogP contribution in [0.5, 0.6) is 0 Å². The average Bonchev–Trinajstić information content (AvgIpc) is 2.72. The van der Waals surface area contributed by atoms with Crippen LogP contribution in [0.15, 0.2) is 18.2 Å². The van der Waals surface area contributed by atoms with Gasteiger partial charge in [-0.05, 0) is 37.5 Å². The Morgan fingerprint density at radius 3 is 2.63 bits per heavy atom. The summed E-state index contributed by atoms with van der Waals surface area (Å²) in [6.45, 7) is -1.88. The first-order valence-electron chi connectivity index (χ1n) is 9.21. The number of carbonyl (C=O) groups is 4. The monoisotopic (exact) mass is 430 g/mol. The van der Waals surface area contributed by atoms with Crippen LogP contribution in [0.4, 0.5) is 18.0 Å². The maximum atomic E-state index is 13.7. The molecule has 1 saturated heterocycles. The number of halogens is 3. The van der Waals surface area contributed by atoms with Crippen molar-refractivity contribution in [3.05, 3.63) is 35.4 Å². The highest BCUT2D eigenvalue weighted by atomic mass is 19.1. The molecule has 1 heterocycles. The predicted molar refractivity (Wildman–Crippen MR) is 96.1 cm³/mol. The molecule has 8 nitrogen and oxygen atoms in total. The summed E-state index contributed by atoms with van der Waals surface area (Å²) in [5.41, 5.74) is -0.184. The van der Waals surface area contributed by atoms with E-state index in [4.69, 9.17) is 9.84 Å². The van der Waals surface area contributed by atoms with Crippen molar-refractivity contribution >= 4 is 23.8 Å². The van der Waals surface area contributed by atoms with Gasteiger partial charge in [0.15, 0.2) is 5.78 Å². The zero-order valence-electron chi connectivity index (χ0n) is 15.9. The van der Waals surface area contributed by atoms with Crippen LogP contribution in [0.2, 0.25) is 0 Å². The molecule has 2 N–H and O–H groups in total. The third kappa shape index (κ3) is 6.19. The number of benzene rings is 1. The number of amides is 2. The van der Waals surface area contributed by atoms with Crippen molar-refractivity contribution in [3.8, 4) is 0 Å². The highest BCUT2D eigenvalue weighted by Gasteiger charge is 2.35. The summed E-state index contributed by atoms with van der Waals surface area (Å²) in [7, 11) is 0. The maximum Gasteiger partial charge on any atom is 0.410 e. The van der Waals surface area contributed by atoms with Gasteiger partial charge in [-0.1, -0.05) is 0 Å². The first kappa shape index (κ1) is 23.2. The van der Waals surface area contributed by atoms with Gasteiger partial charge in [0.1, 0.15) is 37.0 Å². The first-order valence-corrected chi connectivity index (χ1v) is 9.21. The fourth-order valence-electron chi connectivity index (χ4n) is 3.08. The van der Waals surface area contributed by atoms with Gasteiger partial charge in [0.25, 0.3) is 0 Å². The normalized spacial score (nSPS) is 17.2. The van der Waals surface area contributed by atoms with Crippen molar-refractivity contribution < 1.29 is 42.2 Å². The molecule has 0 bridgehead atoms. The number of hydrogen-bond acceptors (Lipinski definition) is 5. The molecule has 0 aromatic heterocycles. The minimum absolute atomic E-state index is 0.128. The number of carbonyl (C=O) groups excluding carboxylic acids is 3. The zero-order chi connectivity index (χ0) is 22.3. The molecule has 2 rings (SSSR count). The van der Waals surface area contributed by atoms with Crippen LogP contribution in [0.3, 0.4) is 0 Å². The molecule has 11 heteroatoms. The number of hydrogen-bond donors (Lipinski definition) is 2. The SMILES string of the molecule is O=C(O)CC(NC(=O)[C@@H]1CCCCN1C(=O)OCc1cc(F)ccc1F)C(=O)CF. The second-order valence-electron chi connectivity index (χ2n) is 6.75. The van der Waals surface area contributed by atoms with Crippen LogP contribution >= 0.6 is 0 Å². The van der Waals surface area contributed by atoms with Gasteiger partial charge in [0.05, 0.1) is 6.42 Å². The molecule has 2 atom stereocenters. The summed E-state index contributed by atoms with van der Waals surface area (Å²) in [6, 6.07) is 0.0358. The summed E-state index contributed by atoms with van der Waals surface area (Å²) in [5, 5.41) is 11.0. The molecule has 0 spiro atoms. The molecule has 1 fully saturated rings. The number of rotatable bonds is 8. The molecule has 30 heavy (non-hydrogen) atoms. The highest BCUT2D eigenvalue weighted by molar-refractivity contribution is 5.94. The Hall–Kier alpha value is -3.11. The zero-order valence-corrected chi connectivity index (χ0v) is 15.9. The van der Waals surface area contributed by atoms with E-state index in [0.29, 0.717) is 12.8 Å². The Morgan fingerprint density at radius 1 is 1.23 bits per heavy atom. The summed E-state index contributed by atoms with van der Waals surface area (Å²) >= 11 is 0. The van der Waals surface area contributed by atoms with E-state index in [1.807, 2.05) is 0 Å². The van der Waals surface area contributed by atoms with E-state index in [0.717, 1.165) is 23.1 Å². The van der Waals surface area contributed by atoms with Crippen molar-refractivity contribution in [2.24, 2.45) is 0 Å². The largest absolute Gasteiger partial charge is 0.481 e. The molecular formula is C19H21F3N2O6. The number of likely N-dealkylation sites (tertiary alicyclic amines) is 1. The molecule has 1 aromatic carbocycles. The number of ketones is 1. The lowest BCUT2D eigenvalue weighted by molar-refractivity contribution is -0.140. The molecule has 164 valence electrons. The minimum Gasteiger partial charge on any atom is -0.481 e. The smallest absolute Gasteiger partial charge is 0.410 e. The van der Waals surface area contributed by atoms with E-state index in [9.17, 15) is 32.3 Å². The van der Waals surface area contributed by atoms with Crippen LogP contribution in [-0.2, 0) is 25.7 Å². The van der Waals surface area contributed by atoms with Crippen molar-refractivity contribution in [1.82, 2.24) is 10.2 Å². The van der Waals surface area contributed by atoms with Gasteiger partial charge in [0.2, 0.25) is 5.91 Å². The quantitative estimate of drug-likeness (QED) is 0.652. The number of nitrogens with zero attached hydrogens (tertiary/aromatic N) is 1. The summed E-state index contributed by atoms with van der Waals surface area (Å²) in [6.07, 6.45) is -0.426. The van der Waals surface area contributed by atoms with Gasteiger partial charge < -0.3 is 15.2 Å². The fraction of sp³-hybridized carbons (Fsp3) is 0.474. The number of carboxylic acids is 1. The maximum absolute atomic E-state index is 13.7. The van der Waals surface area contributed by atoms with Gasteiger partial charge in [-0.3, -0.25) is 19.3 Å². The topological polar surface area (TPSA) is 113 Å². The lowest BCUT2D eigenvalue weighted by Crippen LogP contribution is -2.55. The molecule has 1 unspecified atom stereocenters. The first-order chi connectivity index (χ1) is 14.2. The van der Waals surface area contributed by atoms with Crippen molar-refractivity contribution in [1.29, 1.82) is 0 Å². The Labute approximate surface area is 170 Å². The molecule has 1 aliphatic rings. The van der Waals surface area contributed by atoms with Crippen molar-refractivity contribution in [3.63, 3.8) is 0 Å². The number of carboxylic acid groups (broad SMARTS) is 1. The standard InChI is InChI=1S/C19H21F3N2O6/c20-9-16(25)14(8-17(26)27)23-18(28)15-3-1-2-6-24(15)19(29)30-10-11-7-12(21)4-5-13(11)22/h4-5,7,14-15H,1-3,6,8-10H2,(H,23,28)(H,26,27)/t14?,15-/m0/s1. The van der Waals surface area contributed by atoms with E-state index in [1.165, 1.54) is 0 Å². The predicted octanol–water partition coefficient (Wildman–Crippen LogP) is 1.95. The lowest BCUT2D eigenvalue weighted by Gasteiger charge is -2.34. The number of aliphatic carboxylic acids is 1. The number of nitrogens with one attached hydrogen (secondary N) is 1. The number of piperidine rings is 1. The Kier molecular flexibility index (Phi) is 8.19. The molecule has 2 amide bonds. The molecule has 0 radical (unpaired) electrons. The molecule has 0 saturated carbocycles. The summed E-state index contributed by atoms with van der Waals surface area (Å²) in [5.74, 6) is -4.80. The van der Waals surface area contributed by atoms with E-state index in [-0.39, 0.29) is 18.5 Å². The Balaban J connectivity index is 2.05. The second kappa shape index (κ2) is 10.6. The lowest BCUT2D eigenvalue weighted by atomic mass is 10.0. The second-order valence-corrected chi connectivity index (χ2v) is 6.75. The van der Waals surface area contributed by atoms with Crippen molar-refractivity contribution in [2.75, 3.05) is 13.2 Å². The van der Waals surface area contributed by atoms with Crippen LogP contribution in [0.25, 0.3) is 0 Å². The molecular weight excluding hydrogens is 409 g/mol. The van der Waals surface area contributed by atoms with E-state index in [1.54, 1.807) is 0 Å². The molecule has 0 aliphatic carbocycles. The van der Waals surface area contributed by atoms with Gasteiger partial charge in [-0.15, -0.1) is 0 Å². The summed E-state index contributed by atoms with van der Waals surface area (Å²) in [4.78, 5) is 48.5. The van der Waals surface area contributed by atoms with Gasteiger partial charge in [-0.25, -0.2) is 18.0 Å². The Bertz CT molecular complexity index is 819. The van der Waals surface area contributed by atoms with Crippen molar-refractivity contribution in [2.45, 2.75) is 44.4 Å². The van der Waals surface area contributed by atoms with Gasteiger partial charge in [0, 0.05) is 12.1 Å². The van der Waals surface area contributed by atoms with Crippen LogP contribution in [0, 0.1) is 11.6 Å². The third-order valence-corrected chi connectivity index (χ3v) is 4.61. The number of Topliss-reactive ketones (excluding diaryl/α,β-unsaturated/α-hetero) is 1. The average molecular weight is 430 g/mol. The third-order valence-electron chi connectivity index (χ3n) is 4.61. The van der Waals surface area contributed by atoms with Crippen LogP contribution in [0.1, 0.15) is 31.2 Å². The fourth-order valence-corrected chi connectivity index (χ4v) is 3.08. The van der Waals surface area contributed by atoms with E-state index >= 15 is 0 Å². The van der Waals surface area contributed by atoms with E-state index in [2.05, 4.69) is 5.32 Å². The molecule has 1 aromatic rings. The minimum atomic E-state index is -1.57. The molecule has 1 aliphatic heterocycles. The highest BCUT2D eigenvalue weighted by Crippen LogP contribution is 2.20. The van der Waals surface area contributed by atoms with Crippen LogP contribution in [-0.4, -0.2) is 59.1 Å². The van der Waals surface area contributed by atoms with Gasteiger partial charge >= 0.3 is 12.1 Å². The number of alkyl halides is 1. The Morgan fingerprint density at radius 2 is 1.97 bits per heavy atom. The summed E-state index contributed by atoms with van der Waals surface area (Å²) < 4.78 is 44.6. The number of ether oxygens (including phenoxy) is 1.